The van der Waals surface area contributed by atoms with Gasteiger partial charge >= 0.3 is 0 Å². The second kappa shape index (κ2) is 8.67. The molecule has 1 atom stereocenters. The van der Waals surface area contributed by atoms with Crippen molar-refractivity contribution >= 4 is 17.4 Å². The highest BCUT2D eigenvalue weighted by Crippen LogP contribution is 2.18. The summed E-state index contributed by atoms with van der Waals surface area (Å²) in [6.07, 6.45) is 5.47. The summed E-state index contributed by atoms with van der Waals surface area (Å²) < 4.78 is 1.80. The van der Waals surface area contributed by atoms with E-state index in [9.17, 15) is 4.79 Å². The molecule has 7 nitrogen and oxygen atoms in total. The highest BCUT2D eigenvalue weighted by atomic mass is 16.1. The topological polar surface area (TPSA) is 75.1 Å². The van der Waals surface area contributed by atoms with Crippen LogP contribution in [-0.4, -0.2) is 46.2 Å². The number of nitrogens with one attached hydrogen (secondary N) is 2. The first-order valence-electron chi connectivity index (χ1n) is 9.15. The fraction of sp³-hybridized carbons (Fsp3) is 0.286. The van der Waals surface area contributed by atoms with Crippen LogP contribution >= 0.6 is 0 Å². The summed E-state index contributed by atoms with van der Waals surface area (Å²) >= 11 is 0. The van der Waals surface area contributed by atoms with E-state index >= 15 is 0 Å². The van der Waals surface area contributed by atoms with Crippen molar-refractivity contribution in [3.05, 3.63) is 71.7 Å². The third-order valence-electron chi connectivity index (χ3n) is 4.54. The summed E-state index contributed by atoms with van der Waals surface area (Å²) in [5, 5.41) is 10.5. The van der Waals surface area contributed by atoms with Crippen LogP contribution in [0, 0.1) is 6.92 Å². The molecular weight excluding hydrogens is 352 g/mol. The molecule has 0 radical (unpaired) electrons. The molecule has 1 unspecified atom stereocenters. The van der Waals surface area contributed by atoms with E-state index in [2.05, 4.69) is 25.6 Å². The van der Waals surface area contributed by atoms with Crippen LogP contribution in [0.4, 0.5) is 11.5 Å². The molecule has 0 aliphatic heterocycles. The van der Waals surface area contributed by atoms with Crippen LogP contribution in [0.3, 0.4) is 0 Å². The molecule has 1 aromatic carbocycles. The summed E-state index contributed by atoms with van der Waals surface area (Å²) in [6, 6.07) is 11.5. The lowest BCUT2D eigenvalue weighted by Gasteiger charge is -2.23. The number of carbonyl (C=O) groups excluding carboxylic acids is 1. The Labute approximate surface area is 165 Å². The van der Waals surface area contributed by atoms with Crippen LogP contribution in [0.15, 0.2) is 55.0 Å². The van der Waals surface area contributed by atoms with E-state index in [4.69, 9.17) is 0 Å². The smallest absolute Gasteiger partial charge is 0.257 e. The lowest BCUT2D eigenvalue weighted by atomic mass is 10.1. The van der Waals surface area contributed by atoms with Gasteiger partial charge < -0.3 is 15.5 Å². The lowest BCUT2D eigenvalue weighted by molar-refractivity contribution is 0.102. The molecule has 0 bridgehead atoms. The Morgan fingerprint density at radius 2 is 1.89 bits per heavy atom. The van der Waals surface area contributed by atoms with Crippen LogP contribution in [0.2, 0.25) is 0 Å². The van der Waals surface area contributed by atoms with Crippen LogP contribution in [0.1, 0.15) is 27.5 Å². The summed E-state index contributed by atoms with van der Waals surface area (Å²) in [5.41, 5.74) is 3.57. The minimum Gasteiger partial charge on any atom is -0.368 e. The van der Waals surface area contributed by atoms with E-state index in [-0.39, 0.29) is 11.9 Å². The number of amides is 1. The Balaban J connectivity index is 1.60. The molecule has 3 aromatic rings. The van der Waals surface area contributed by atoms with Gasteiger partial charge in [0.1, 0.15) is 5.82 Å². The van der Waals surface area contributed by atoms with Crippen LogP contribution < -0.4 is 10.6 Å². The van der Waals surface area contributed by atoms with E-state index in [0.717, 1.165) is 22.6 Å². The van der Waals surface area contributed by atoms with Gasteiger partial charge in [-0.1, -0.05) is 17.7 Å². The van der Waals surface area contributed by atoms with Gasteiger partial charge in [0.15, 0.2) is 0 Å². The zero-order valence-electron chi connectivity index (χ0n) is 16.7. The van der Waals surface area contributed by atoms with Gasteiger partial charge in [-0.05, 0) is 45.3 Å². The molecule has 0 saturated carbocycles. The van der Waals surface area contributed by atoms with E-state index in [0.29, 0.717) is 12.1 Å². The van der Waals surface area contributed by atoms with Crippen molar-refractivity contribution in [3.63, 3.8) is 0 Å². The van der Waals surface area contributed by atoms with Gasteiger partial charge in [-0.3, -0.25) is 9.48 Å². The Kier molecular flexibility index (Phi) is 6.06. The number of anilines is 2. The number of pyridine rings is 1. The maximum Gasteiger partial charge on any atom is 0.257 e. The molecule has 146 valence electrons. The highest BCUT2D eigenvalue weighted by Gasteiger charge is 2.16. The number of hydrogen-bond acceptors (Lipinski definition) is 5. The number of aromatic nitrogens is 3. The molecule has 2 heterocycles. The van der Waals surface area contributed by atoms with Crippen molar-refractivity contribution in [1.82, 2.24) is 19.7 Å². The first-order valence-corrected chi connectivity index (χ1v) is 9.15. The van der Waals surface area contributed by atoms with Gasteiger partial charge in [-0.25, -0.2) is 4.98 Å². The van der Waals surface area contributed by atoms with E-state index < -0.39 is 0 Å². The predicted octanol–water partition coefficient (Wildman–Crippen LogP) is 3.09. The zero-order chi connectivity index (χ0) is 20.1. The van der Waals surface area contributed by atoms with Crippen molar-refractivity contribution < 1.29 is 4.79 Å². The molecule has 28 heavy (non-hydrogen) atoms. The third-order valence-corrected chi connectivity index (χ3v) is 4.54. The number of aryl methyl sites for hydroxylation is 2. The van der Waals surface area contributed by atoms with Gasteiger partial charge in [-0.2, -0.15) is 5.10 Å². The molecule has 3 rings (SSSR count). The van der Waals surface area contributed by atoms with Gasteiger partial charge in [0, 0.05) is 37.2 Å². The number of hydrogen-bond donors (Lipinski definition) is 2. The fourth-order valence-corrected chi connectivity index (χ4v) is 2.88. The van der Waals surface area contributed by atoms with Crippen LogP contribution in [0.25, 0.3) is 0 Å². The standard InChI is InChI=1S/C21H26N6O/c1-15-5-8-18(9-6-15)25-21(28)16-7-10-20(22-11-16)23-13-19(26(2)3)17-12-24-27(4)14-17/h5-12,14,19H,13H2,1-4H3,(H,22,23)(H,25,28). The Bertz CT molecular complexity index is 915. The number of benzene rings is 1. The molecule has 0 fully saturated rings. The van der Waals surface area contributed by atoms with Gasteiger partial charge in [0.25, 0.3) is 5.91 Å². The monoisotopic (exact) mass is 378 g/mol. The molecule has 2 N–H and O–H groups in total. The summed E-state index contributed by atoms with van der Waals surface area (Å²) in [5.74, 6) is 0.548. The molecular formula is C21H26N6O. The van der Waals surface area contributed by atoms with Crippen molar-refractivity contribution in [3.8, 4) is 0 Å². The van der Waals surface area contributed by atoms with E-state index in [1.165, 1.54) is 0 Å². The largest absolute Gasteiger partial charge is 0.368 e. The Hall–Kier alpha value is -3.19. The average Bonchev–Trinajstić information content (AvgIpc) is 3.10. The molecule has 0 saturated heterocycles. The normalized spacial score (nSPS) is 12.0. The lowest BCUT2D eigenvalue weighted by Crippen LogP contribution is -2.26. The summed E-state index contributed by atoms with van der Waals surface area (Å²) in [4.78, 5) is 18.9. The second-order valence-corrected chi connectivity index (χ2v) is 7.06. The fourth-order valence-electron chi connectivity index (χ4n) is 2.88. The maximum absolute atomic E-state index is 12.4. The van der Waals surface area contributed by atoms with Crippen molar-refractivity contribution in [2.45, 2.75) is 13.0 Å². The van der Waals surface area contributed by atoms with Gasteiger partial charge in [-0.15, -0.1) is 0 Å². The molecule has 0 spiro atoms. The summed E-state index contributed by atoms with van der Waals surface area (Å²) in [6.45, 7) is 2.69. The Morgan fingerprint density at radius 3 is 2.46 bits per heavy atom. The summed E-state index contributed by atoms with van der Waals surface area (Å²) in [7, 11) is 5.97. The first-order chi connectivity index (χ1) is 13.4. The third kappa shape index (κ3) is 4.95. The molecule has 0 aliphatic rings. The van der Waals surface area contributed by atoms with Crippen LogP contribution in [0.5, 0.6) is 0 Å². The SMILES string of the molecule is Cc1ccc(NC(=O)c2ccc(NCC(c3cnn(C)c3)N(C)C)nc2)cc1. The second-order valence-electron chi connectivity index (χ2n) is 7.06. The minimum absolute atomic E-state index is 0.167. The van der Waals surface area contributed by atoms with Gasteiger partial charge in [0.05, 0.1) is 17.8 Å². The first kappa shape index (κ1) is 19.6. The highest BCUT2D eigenvalue weighted by molar-refractivity contribution is 6.04. The molecule has 1 amide bonds. The van der Waals surface area contributed by atoms with Crippen molar-refractivity contribution in [2.24, 2.45) is 7.05 Å². The predicted molar refractivity (Wildman–Crippen MR) is 111 cm³/mol. The van der Waals surface area contributed by atoms with E-state index in [1.54, 1.807) is 16.9 Å². The quantitative estimate of drug-likeness (QED) is 0.661. The maximum atomic E-state index is 12.4. The van der Waals surface area contributed by atoms with Gasteiger partial charge in [0.2, 0.25) is 0 Å². The number of likely N-dealkylation sites (N-methyl/N-ethyl adjacent to an activating group) is 1. The van der Waals surface area contributed by atoms with Crippen molar-refractivity contribution in [1.29, 1.82) is 0 Å². The average molecular weight is 378 g/mol. The molecule has 0 aliphatic carbocycles. The number of carbonyl (C=O) groups is 1. The zero-order valence-corrected chi connectivity index (χ0v) is 16.7. The number of rotatable bonds is 7. The molecule has 7 heteroatoms. The van der Waals surface area contributed by atoms with Crippen molar-refractivity contribution in [2.75, 3.05) is 31.3 Å². The minimum atomic E-state index is -0.176. The van der Waals surface area contributed by atoms with E-state index in [1.807, 2.05) is 70.8 Å². The Morgan fingerprint density at radius 1 is 1.14 bits per heavy atom. The molecule has 2 aromatic heterocycles. The van der Waals surface area contributed by atoms with Crippen LogP contribution in [-0.2, 0) is 7.05 Å². The number of nitrogens with zero attached hydrogens (tertiary/aromatic N) is 4.